The average molecular weight is 203 g/mol. The number of aliphatic hydroxyl groups is 2. The molecule has 3 heteroatoms. The number of aromatic nitrogens is 1. The van der Waals surface area contributed by atoms with Crippen molar-refractivity contribution in [3.63, 3.8) is 0 Å². The molecule has 1 aromatic heterocycles. The van der Waals surface area contributed by atoms with Gasteiger partial charge in [0, 0.05) is 11.6 Å². The maximum atomic E-state index is 9.82. The molecule has 3 nitrogen and oxygen atoms in total. The fourth-order valence-electron chi connectivity index (χ4n) is 1.64. The van der Waals surface area contributed by atoms with Crippen LogP contribution in [0.25, 0.3) is 10.9 Å². The monoisotopic (exact) mass is 203 g/mol. The number of benzene rings is 1. The van der Waals surface area contributed by atoms with Crippen LogP contribution in [0.15, 0.2) is 36.5 Å². The zero-order valence-corrected chi connectivity index (χ0v) is 8.46. The summed E-state index contributed by atoms with van der Waals surface area (Å²) in [5.74, 6) is 0. The highest BCUT2D eigenvalue weighted by Crippen LogP contribution is 2.24. The predicted molar refractivity (Wildman–Crippen MR) is 58.4 cm³/mol. The summed E-state index contributed by atoms with van der Waals surface area (Å²) >= 11 is 0. The van der Waals surface area contributed by atoms with E-state index in [4.69, 9.17) is 0 Å². The first-order chi connectivity index (χ1) is 7.20. The van der Waals surface area contributed by atoms with Crippen molar-refractivity contribution in [2.45, 2.75) is 19.1 Å². The smallest absolute Gasteiger partial charge is 0.105 e. The van der Waals surface area contributed by atoms with Gasteiger partial charge in [-0.3, -0.25) is 4.98 Å². The van der Waals surface area contributed by atoms with Crippen molar-refractivity contribution in [3.8, 4) is 0 Å². The zero-order chi connectivity index (χ0) is 10.8. The van der Waals surface area contributed by atoms with E-state index in [2.05, 4.69) is 4.98 Å². The van der Waals surface area contributed by atoms with Crippen LogP contribution in [0.1, 0.15) is 18.6 Å². The summed E-state index contributed by atoms with van der Waals surface area (Å²) in [6, 6.07) is 9.23. The SMILES string of the molecule is CC(O)C(O)c1cccc2ncccc12. The topological polar surface area (TPSA) is 53.4 Å². The quantitative estimate of drug-likeness (QED) is 0.780. The van der Waals surface area contributed by atoms with Crippen LogP contribution < -0.4 is 0 Å². The second kappa shape index (κ2) is 3.96. The van der Waals surface area contributed by atoms with E-state index in [1.54, 1.807) is 19.2 Å². The summed E-state index contributed by atoms with van der Waals surface area (Å²) in [5.41, 5.74) is 1.55. The molecular weight excluding hydrogens is 190 g/mol. The first kappa shape index (κ1) is 10.1. The Balaban J connectivity index is 2.60. The number of hydrogen-bond donors (Lipinski definition) is 2. The van der Waals surface area contributed by atoms with E-state index >= 15 is 0 Å². The fourth-order valence-corrected chi connectivity index (χ4v) is 1.64. The van der Waals surface area contributed by atoms with Crippen molar-refractivity contribution in [2.24, 2.45) is 0 Å². The number of hydrogen-bond acceptors (Lipinski definition) is 3. The van der Waals surface area contributed by atoms with E-state index in [0.29, 0.717) is 0 Å². The molecule has 1 aromatic carbocycles. The second-order valence-electron chi connectivity index (χ2n) is 3.60. The third kappa shape index (κ3) is 1.84. The molecule has 2 atom stereocenters. The van der Waals surface area contributed by atoms with Gasteiger partial charge in [-0.15, -0.1) is 0 Å². The number of nitrogens with zero attached hydrogens (tertiary/aromatic N) is 1. The van der Waals surface area contributed by atoms with Crippen LogP contribution in [0.4, 0.5) is 0 Å². The minimum atomic E-state index is -0.863. The Bertz CT molecular complexity index is 463. The third-order valence-corrected chi connectivity index (χ3v) is 2.45. The van der Waals surface area contributed by atoms with E-state index in [1.165, 1.54) is 0 Å². The standard InChI is InChI=1S/C12H13NO2/c1-8(14)12(15)10-4-2-6-11-9(10)5-3-7-13-11/h2-8,12,14-15H,1H3. The Morgan fingerprint density at radius 3 is 2.67 bits per heavy atom. The first-order valence-electron chi connectivity index (χ1n) is 4.90. The van der Waals surface area contributed by atoms with Crippen molar-refractivity contribution < 1.29 is 10.2 Å². The molecule has 0 aliphatic carbocycles. The van der Waals surface area contributed by atoms with E-state index in [-0.39, 0.29) is 0 Å². The van der Waals surface area contributed by atoms with E-state index in [0.717, 1.165) is 16.5 Å². The predicted octanol–water partition coefficient (Wildman–Crippen LogP) is 1.65. The van der Waals surface area contributed by atoms with Crippen molar-refractivity contribution in [3.05, 3.63) is 42.1 Å². The number of rotatable bonds is 2. The first-order valence-corrected chi connectivity index (χ1v) is 4.90. The molecule has 0 spiro atoms. The second-order valence-corrected chi connectivity index (χ2v) is 3.60. The third-order valence-electron chi connectivity index (χ3n) is 2.45. The summed E-state index contributed by atoms with van der Waals surface area (Å²) in [5, 5.41) is 20.1. The van der Waals surface area contributed by atoms with Crippen molar-refractivity contribution in [1.29, 1.82) is 0 Å². The van der Waals surface area contributed by atoms with Crippen LogP contribution in [0.5, 0.6) is 0 Å². The largest absolute Gasteiger partial charge is 0.390 e. The molecule has 0 amide bonds. The average Bonchev–Trinajstić information content (AvgIpc) is 2.27. The lowest BCUT2D eigenvalue weighted by atomic mass is 10.0. The summed E-state index contributed by atoms with van der Waals surface area (Å²) in [7, 11) is 0. The Morgan fingerprint density at radius 1 is 1.13 bits per heavy atom. The lowest BCUT2D eigenvalue weighted by Crippen LogP contribution is -2.14. The van der Waals surface area contributed by atoms with Crippen molar-refractivity contribution >= 4 is 10.9 Å². The van der Waals surface area contributed by atoms with Gasteiger partial charge in [0.15, 0.2) is 0 Å². The maximum Gasteiger partial charge on any atom is 0.105 e. The highest BCUT2D eigenvalue weighted by atomic mass is 16.3. The Morgan fingerprint density at radius 2 is 1.93 bits per heavy atom. The highest BCUT2D eigenvalue weighted by molar-refractivity contribution is 5.82. The van der Waals surface area contributed by atoms with Gasteiger partial charge >= 0.3 is 0 Å². The van der Waals surface area contributed by atoms with Crippen LogP contribution in [0.3, 0.4) is 0 Å². The van der Waals surface area contributed by atoms with E-state index in [9.17, 15) is 10.2 Å². The number of pyridine rings is 1. The molecule has 0 aliphatic rings. The Kier molecular flexibility index (Phi) is 2.66. The van der Waals surface area contributed by atoms with Gasteiger partial charge in [0.1, 0.15) is 6.10 Å². The molecule has 0 saturated carbocycles. The molecule has 2 aromatic rings. The number of fused-ring (bicyclic) bond motifs is 1. The lowest BCUT2D eigenvalue weighted by molar-refractivity contribution is 0.0314. The van der Waals surface area contributed by atoms with E-state index < -0.39 is 12.2 Å². The van der Waals surface area contributed by atoms with Crippen LogP contribution in [0, 0.1) is 0 Å². The molecule has 2 unspecified atom stereocenters. The van der Waals surface area contributed by atoms with Gasteiger partial charge in [0.05, 0.1) is 11.6 Å². The molecule has 2 N–H and O–H groups in total. The van der Waals surface area contributed by atoms with Gasteiger partial charge in [0.25, 0.3) is 0 Å². The molecule has 0 radical (unpaired) electrons. The Labute approximate surface area is 88.0 Å². The zero-order valence-electron chi connectivity index (χ0n) is 8.46. The maximum absolute atomic E-state index is 9.82. The lowest BCUT2D eigenvalue weighted by Gasteiger charge is -2.15. The molecule has 15 heavy (non-hydrogen) atoms. The molecule has 1 heterocycles. The molecular formula is C12H13NO2. The van der Waals surface area contributed by atoms with Gasteiger partial charge in [-0.05, 0) is 24.6 Å². The molecule has 0 saturated heterocycles. The van der Waals surface area contributed by atoms with Crippen LogP contribution in [0.2, 0.25) is 0 Å². The molecule has 0 bridgehead atoms. The minimum Gasteiger partial charge on any atom is -0.390 e. The van der Waals surface area contributed by atoms with Gasteiger partial charge < -0.3 is 10.2 Å². The van der Waals surface area contributed by atoms with Crippen LogP contribution in [-0.2, 0) is 0 Å². The summed E-state index contributed by atoms with van der Waals surface area (Å²) in [6.07, 6.45) is 0.0645. The van der Waals surface area contributed by atoms with Crippen LogP contribution in [-0.4, -0.2) is 21.3 Å². The Hall–Kier alpha value is -1.45. The summed E-state index contributed by atoms with van der Waals surface area (Å²) < 4.78 is 0. The summed E-state index contributed by atoms with van der Waals surface area (Å²) in [6.45, 7) is 1.57. The highest BCUT2D eigenvalue weighted by Gasteiger charge is 2.15. The van der Waals surface area contributed by atoms with Crippen molar-refractivity contribution in [1.82, 2.24) is 4.98 Å². The number of aliphatic hydroxyl groups excluding tert-OH is 2. The van der Waals surface area contributed by atoms with Crippen LogP contribution >= 0.6 is 0 Å². The molecule has 2 rings (SSSR count). The van der Waals surface area contributed by atoms with Gasteiger partial charge in [0.2, 0.25) is 0 Å². The molecule has 0 aliphatic heterocycles. The van der Waals surface area contributed by atoms with Gasteiger partial charge in [-0.25, -0.2) is 0 Å². The minimum absolute atomic E-state index is 0.718. The normalized spacial score (nSPS) is 15.1. The van der Waals surface area contributed by atoms with E-state index in [1.807, 2.05) is 24.3 Å². The summed E-state index contributed by atoms with van der Waals surface area (Å²) in [4.78, 5) is 4.19. The fraction of sp³-hybridized carbons (Fsp3) is 0.250. The molecule has 78 valence electrons. The van der Waals surface area contributed by atoms with Crippen molar-refractivity contribution in [2.75, 3.05) is 0 Å². The van der Waals surface area contributed by atoms with Gasteiger partial charge in [-0.2, -0.15) is 0 Å². The van der Waals surface area contributed by atoms with Gasteiger partial charge in [-0.1, -0.05) is 18.2 Å². The molecule has 0 fully saturated rings.